The van der Waals surface area contributed by atoms with Gasteiger partial charge < -0.3 is 10.1 Å². The van der Waals surface area contributed by atoms with Crippen molar-refractivity contribution in [3.05, 3.63) is 89.9 Å². The molecule has 6 heteroatoms. The topological polar surface area (TPSA) is 56.1 Å². The Bertz CT molecular complexity index is 1340. The normalized spacial score (nSPS) is 16.1. The number of amides is 1. The average Bonchev–Trinajstić information content (AvgIpc) is 3.44. The molecule has 3 aromatic carbocycles. The number of aryl methyl sites for hydroxylation is 1. The first-order valence-corrected chi connectivity index (χ1v) is 11.6. The summed E-state index contributed by atoms with van der Waals surface area (Å²) in [5.74, 6) is 0.489. The summed E-state index contributed by atoms with van der Waals surface area (Å²) in [6, 6.07) is 20.0. The van der Waals surface area contributed by atoms with Gasteiger partial charge in [0.15, 0.2) is 0 Å². The highest BCUT2D eigenvalue weighted by atomic mass is 19.1. The molecule has 0 unspecified atom stereocenters. The molecular weight excluding hydrogens is 429 g/mol. The van der Waals surface area contributed by atoms with Gasteiger partial charge in [-0.25, -0.2) is 9.07 Å². The van der Waals surface area contributed by atoms with E-state index < -0.39 is 0 Å². The minimum absolute atomic E-state index is 0.0808. The van der Waals surface area contributed by atoms with E-state index in [1.807, 2.05) is 57.2 Å². The number of carbonyl (C=O) groups is 1. The number of hydrogen-bond acceptors (Lipinski definition) is 3. The number of nitrogens with zero attached hydrogens (tertiary/aromatic N) is 2. The number of hydrogen-bond donors (Lipinski definition) is 1. The van der Waals surface area contributed by atoms with E-state index in [0.717, 1.165) is 40.6 Å². The Morgan fingerprint density at radius 1 is 1.12 bits per heavy atom. The lowest BCUT2D eigenvalue weighted by Gasteiger charge is -2.28. The largest absolute Gasteiger partial charge is 0.484 e. The summed E-state index contributed by atoms with van der Waals surface area (Å²) in [6.07, 6.45) is 3.27. The van der Waals surface area contributed by atoms with Crippen LogP contribution in [0.4, 0.5) is 4.39 Å². The van der Waals surface area contributed by atoms with Gasteiger partial charge in [-0.2, -0.15) is 5.10 Å². The van der Waals surface area contributed by atoms with Gasteiger partial charge in [0.1, 0.15) is 17.7 Å². The highest BCUT2D eigenvalue weighted by Crippen LogP contribution is 2.45. The number of nitrogens with one attached hydrogen (secondary N) is 1. The van der Waals surface area contributed by atoms with Crippen molar-refractivity contribution in [3.63, 3.8) is 0 Å². The molecule has 0 spiro atoms. The SMILES string of the molecule is Cc1cccc([C@@H](Oc2ccc3c(cnn3-c3ccc(F)cc3)c2)[C@H](C)NC(=O)C2(C)CC2)c1. The third-order valence-electron chi connectivity index (χ3n) is 6.61. The minimum Gasteiger partial charge on any atom is -0.484 e. The molecule has 0 aliphatic heterocycles. The van der Waals surface area contributed by atoms with E-state index >= 15 is 0 Å². The molecule has 174 valence electrons. The molecule has 1 amide bonds. The van der Waals surface area contributed by atoms with Crippen LogP contribution in [0.3, 0.4) is 0 Å². The molecule has 1 fully saturated rings. The molecule has 5 nitrogen and oxygen atoms in total. The van der Waals surface area contributed by atoms with E-state index in [4.69, 9.17) is 4.74 Å². The Morgan fingerprint density at radius 2 is 1.88 bits per heavy atom. The summed E-state index contributed by atoms with van der Waals surface area (Å²) in [5.41, 5.74) is 3.58. The van der Waals surface area contributed by atoms with E-state index in [1.165, 1.54) is 12.1 Å². The van der Waals surface area contributed by atoms with Crippen molar-refractivity contribution in [2.45, 2.75) is 45.8 Å². The Balaban J connectivity index is 1.43. The number of aromatic nitrogens is 2. The Morgan fingerprint density at radius 3 is 2.59 bits per heavy atom. The first-order valence-electron chi connectivity index (χ1n) is 11.6. The molecule has 1 heterocycles. The fraction of sp³-hybridized carbons (Fsp3) is 0.286. The second-order valence-corrected chi connectivity index (χ2v) is 9.53. The lowest BCUT2D eigenvalue weighted by Crippen LogP contribution is -2.42. The predicted octanol–water partition coefficient (Wildman–Crippen LogP) is 5.90. The lowest BCUT2D eigenvalue weighted by molar-refractivity contribution is -0.127. The van der Waals surface area contributed by atoms with E-state index in [-0.39, 0.29) is 29.3 Å². The highest BCUT2D eigenvalue weighted by molar-refractivity contribution is 5.85. The molecule has 4 aromatic rings. The minimum atomic E-state index is -0.351. The van der Waals surface area contributed by atoms with Gasteiger partial charge in [0.05, 0.1) is 23.4 Å². The lowest BCUT2D eigenvalue weighted by atomic mass is 10.00. The highest BCUT2D eigenvalue weighted by Gasteiger charge is 2.45. The molecular formula is C28H28FN3O2. The maximum Gasteiger partial charge on any atom is 0.226 e. The maximum absolute atomic E-state index is 13.3. The van der Waals surface area contributed by atoms with Crippen molar-refractivity contribution in [2.24, 2.45) is 5.41 Å². The summed E-state index contributed by atoms with van der Waals surface area (Å²) in [6.45, 7) is 6.04. The van der Waals surface area contributed by atoms with Crippen LogP contribution in [0.2, 0.25) is 0 Å². The van der Waals surface area contributed by atoms with Gasteiger partial charge in [0.2, 0.25) is 5.91 Å². The second-order valence-electron chi connectivity index (χ2n) is 9.53. The van der Waals surface area contributed by atoms with Crippen LogP contribution in [0.1, 0.15) is 43.9 Å². The first-order chi connectivity index (χ1) is 16.3. The van der Waals surface area contributed by atoms with E-state index in [2.05, 4.69) is 16.5 Å². The smallest absolute Gasteiger partial charge is 0.226 e. The molecule has 5 rings (SSSR count). The molecule has 1 N–H and O–H groups in total. The number of fused-ring (bicyclic) bond motifs is 1. The second kappa shape index (κ2) is 8.60. The third-order valence-corrected chi connectivity index (χ3v) is 6.61. The van der Waals surface area contributed by atoms with Crippen molar-refractivity contribution in [2.75, 3.05) is 0 Å². The zero-order chi connectivity index (χ0) is 23.9. The Hall–Kier alpha value is -3.67. The van der Waals surface area contributed by atoms with Crippen LogP contribution < -0.4 is 10.1 Å². The van der Waals surface area contributed by atoms with Crippen LogP contribution in [0, 0.1) is 18.2 Å². The number of halogens is 1. The summed E-state index contributed by atoms with van der Waals surface area (Å²) < 4.78 is 21.6. The van der Waals surface area contributed by atoms with Crippen molar-refractivity contribution >= 4 is 16.8 Å². The van der Waals surface area contributed by atoms with Crippen molar-refractivity contribution in [1.29, 1.82) is 0 Å². The van der Waals surface area contributed by atoms with Gasteiger partial charge >= 0.3 is 0 Å². The van der Waals surface area contributed by atoms with Crippen LogP contribution >= 0.6 is 0 Å². The molecule has 1 aromatic heterocycles. The van der Waals surface area contributed by atoms with Crippen molar-refractivity contribution < 1.29 is 13.9 Å². The van der Waals surface area contributed by atoms with Crippen LogP contribution in [-0.4, -0.2) is 21.7 Å². The van der Waals surface area contributed by atoms with Crippen molar-refractivity contribution in [3.8, 4) is 11.4 Å². The van der Waals surface area contributed by atoms with Gasteiger partial charge in [0.25, 0.3) is 0 Å². The van der Waals surface area contributed by atoms with E-state index in [9.17, 15) is 9.18 Å². The zero-order valence-electron chi connectivity index (χ0n) is 19.6. The van der Waals surface area contributed by atoms with Crippen LogP contribution in [0.5, 0.6) is 5.75 Å². The van der Waals surface area contributed by atoms with Gasteiger partial charge in [0, 0.05) is 10.8 Å². The zero-order valence-corrected chi connectivity index (χ0v) is 19.6. The molecule has 0 bridgehead atoms. The van der Waals surface area contributed by atoms with Gasteiger partial charge in [-0.05, 0) is 74.7 Å². The fourth-order valence-corrected chi connectivity index (χ4v) is 4.20. The standard InChI is InChI=1S/C28H28FN3O2/c1-18-5-4-6-20(15-18)26(19(2)31-27(33)28(3)13-14-28)34-24-11-12-25-21(16-24)17-30-32(25)23-9-7-22(29)8-10-23/h4-12,15-17,19,26H,13-14H2,1-3H3,(H,31,33)/t19-,26-/m0/s1. The third kappa shape index (κ3) is 4.40. The Labute approximate surface area is 198 Å². The quantitative estimate of drug-likeness (QED) is 0.376. The van der Waals surface area contributed by atoms with Crippen molar-refractivity contribution in [1.82, 2.24) is 15.1 Å². The molecule has 34 heavy (non-hydrogen) atoms. The summed E-state index contributed by atoms with van der Waals surface area (Å²) in [5, 5.41) is 8.56. The fourth-order valence-electron chi connectivity index (χ4n) is 4.20. The average molecular weight is 458 g/mol. The van der Waals surface area contributed by atoms with Gasteiger partial charge in [-0.1, -0.05) is 36.8 Å². The maximum atomic E-state index is 13.3. The summed E-state index contributed by atoms with van der Waals surface area (Å²) in [7, 11) is 0. The molecule has 1 saturated carbocycles. The van der Waals surface area contributed by atoms with Gasteiger partial charge in [-0.15, -0.1) is 0 Å². The van der Waals surface area contributed by atoms with E-state index in [1.54, 1.807) is 23.0 Å². The number of ether oxygens (including phenoxy) is 1. The number of carbonyl (C=O) groups excluding carboxylic acids is 1. The van der Waals surface area contributed by atoms with E-state index in [0.29, 0.717) is 5.75 Å². The molecule has 0 saturated heterocycles. The van der Waals surface area contributed by atoms with Gasteiger partial charge in [-0.3, -0.25) is 4.79 Å². The molecule has 0 radical (unpaired) electrons. The Kier molecular flexibility index (Phi) is 5.60. The number of rotatable bonds is 7. The molecule has 1 aliphatic carbocycles. The molecule has 1 aliphatic rings. The van der Waals surface area contributed by atoms with Crippen LogP contribution in [0.15, 0.2) is 72.9 Å². The monoisotopic (exact) mass is 457 g/mol. The number of benzene rings is 3. The first kappa shape index (κ1) is 22.1. The summed E-state index contributed by atoms with van der Waals surface area (Å²) >= 11 is 0. The summed E-state index contributed by atoms with van der Waals surface area (Å²) in [4.78, 5) is 12.7. The molecule has 2 atom stereocenters. The predicted molar refractivity (Wildman–Crippen MR) is 131 cm³/mol. The van der Waals surface area contributed by atoms with Crippen LogP contribution in [0.25, 0.3) is 16.6 Å². The van der Waals surface area contributed by atoms with Crippen LogP contribution in [-0.2, 0) is 4.79 Å².